The molecule has 4 heteroatoms. The summed E-state index contributed by atoms with van der Waals surface area (Å²) in [5.41, 5.74) is 1.67. The van der Waals surface area contributed by atoms with Gasteiger partial charge in [0.2, 0.25) is 0 Å². The fourth-order valence-electron chi connectivity index (χ4n) is 2.07. The van der Waals surface area contributed by atoms with E-state index < -0.39 is 0 Å². The average molecular weight is 297 g/mol. The maximum absolute atomic E-state index is 11.4. The number of Topliss-reactive ketones (excluding diaryl/α,β-unsaturated/α-hetero) is 1. The van der Waals surface area contributed by atoms with E-state index in [0.717, 1.165) is 25.3 Å². The SMILES string of the molecule is CC(=O)c1ccc(N(CCN(C)C)CC(C)C)cc1Cl. The molecular formula is C16H25ClN2O. The number of rotatable bonds is 7. The van der Waals surface area contributed by atoms with Crippen molar-refractivity contribution in [3.05, 3.63) is 28.8 Å². The van der Waals surface area contributed by atoms with E-state index in [1.54, 1.807) is 6.92 Å². The Morgan fingerprint density at radius 3 is 2.35 bits per heavy atom. The van der Waals surface area contributed by atoms with Crippen molar-refractivity contribution in [3.63, 3.8) is 0 Å². The molecule has 0 spiro atoms. The second kappa shape index (κ2) is 7.65. The minimum Gasteiger partial charge on any atom is -0.370 e. The molecule has 0 unspecified atom stereocenters. The van der Waals surface area contributed by atoms with Crippen LogP contribution in [0.3, 0.4) is 0 Å². The highest BCUT2D eigenvalue weighted by Crippen LogP contribution is 2.24. The van der Waals surface area contributed by atoms with E-state index in [9.17, 15) is 4.79 Å². The van der Waals surface area contributed by atoms with E-state index in [2.05, 4.69) is 37.7 Å². The summed E-state index contributed by atoms with van der Waals surface area (Å²) in [5.74, 6) is 0.577. The summed E-state index contributed by atoms with van der Waals surface area (Å²) in [6, 6.07) is 5.71. The molecule has 0 radical (unpaired) electrons. The van der Waals surface area contributed by atoms with Gasteiger partial charge in [-0.25, -0.2) is 0 Å². The van der Waals surface area contributed by atoms with Crippen LogP contribution in [0.5, 0.6) is 0 Å². The maximum Gasteiger partial charge on any atom is 0.161 e. The molecule has 0 N–H and O–H groups in total. The molecule has 1 rings (SSSR count). The van der Waals surface area contributed by atoms with Gasteiger partial charge in [0.05, 0.1) is 5.02 Å². The van der Waals surface area contributed by atoms with Gasteiger partial charge in [-0.05, 0) is 45.1 Å². The van der Waals surface area contributed by atoms with Crippen LogP contribution in [-0.4, -0.2) is 44.4 Å². The zero-order valence-corrected chi connectivity index (χ0v) is 13.9. The normalized spacial score (nSPS) is 11.2. The number of benzene rings is 1. The van der Waals surface area contributed by atoms with Crippen LogP contribution in [0.2, 0.25) is 5.02 Å². The van der Waals surface area contributed by atoms with E-state index in [1.807, 2.05) is 18.2 Å². The standard InChI is InChI=1S/C16H25ClN2O/c1-12(2)11-19(9-8-18(4)5)14-6-7-15(13(3)20)16(17)10-14/h6-7,10,12H,8-9,11H2,1-5H3. The predicted molar refractivity (Wildman–Crippen MR) is 87.1 cm³/mol. The lowest BCUT2D eigenvalue weighted by Crippen LogP contribution is -2.34. The van der Waals surface area contributed by atoms with Crippen LogP contribution in [0.1, 0.15) is 31.1 Å². The van der Waals surface area contributed by atoms with Crippen LogP contribution in [0.25, 0.3) is 0 Å². The maximum atomic E-state index is 11.4. The van der Waals surface area contributed by atoms with Crippen molar-refractivity contribution >= 4 is 23.1 Å². The molecule has 0 aromatic heterocycles. The van der Waals surface area contributed by atoms with Gasteiger partial charge in [0.15, 0.2) is 5.78 Å². The highest BCUT2D eigenvalue weighted by atomic mass is 35.5. The fraction of sp³-hybridized carbons (Fsp3) is 0.562. The fourth-order valence-corrected chi connectivity index (χ4v) is 2.38. The number of halogens is 1. The van der Waals surface area contributed by atoms with Gasteiger partial charge < -0.3 is 9.80 Å². The molecule has 0 aliphatic heterocycles. The van der Waals surface area contributed by atoms with Gasteiger partial charge in [-0.3, -0.25) is 4.79 Å². The Bertz CT molecular complexity index is 458. The molecule has 1 aromatic rings. The van der Waals surface area contributed by atoms with Crippen LogP contribution in [0.4, 0.5) is 5.69 Å². The summed E-state index contributed by atoms with van der Waals surface area (Å²) in [5, 5.41) is 0.536. The first-order valence-electron chi connectivity index (χ1n) is 7.01. The van der Waals surface area contributed by atoms with Gasteiger partial charge >= 0.3 is 0 Å². The molecular weight excluding hydrogens is 272 g/mol. The summed E-state index contributed by atoms with van der Waals surface area (Å²) < 4.78 is 0. The lowest BCUT2D eigenvalue weighted by Gasteiger charge is -2.28. The van der Waals surface area contributed by atoms with Gasteiger partial charge in [-0.2, -0.15) is 0 Å². The molecule has 0 aliphatic carbocycles. The smallest absolute Gasteiger partial charge is 0.161 e. The van der Waals surface area contributed by atoms with Crippen LogP contribution in [0.15, 0.2) is 18.2 Å². The number of hydrogen-bond donors (Lipinski definition) is 0. The highest BCUT2D eigenvalue weighted by Gasteiger charge is 2.12. The Kier molecular flexibility index (Phi) is 6.50. The van der Waals surface area contributed by atoms with Crippen LogP contribution in [-0.2, 0) is 0 Å². The summed E-state index contributed by atoms with van der Waals surface area (Å²) in [6.07, 6.45) is 0. The number of nitrogens with zero attached hydrogens (tertiary/aromatic N) is 2. The first kappa shape index (κ1) is 17.0. The molecule has 0 bridgehead atoms. The number of ketones is 1. The molecule has 0 saturated carbocycles. The lowest BCUT2D eigenvalue weighted by molar-refractivity contribution is 0.101. The number of anilines is 1. The Balaban J connectivity index is 2.95. The third-order valence-corrected chi connectivity index (χ3v) is 3.41. The summed E-state index contributed by atoms with van der Waals surface area (Å²) in [6.45, 7) is 8.85. The van der Waals surface area contributed by atoms with Gasteiger partial charge in [0.25, 0.3) is 0 Å². The van der Waals surface area contributed by atoms with Crippen molar-refractivity contribution in [1.82, 2.24) is 4.90 Å². The Morgan fingerprint density at radius 1 is 1.25 bits per heavy atom. The van der Waals surface area contributed by atoms with E-state index in [1.165, 1.54) is 0 Å². The van der Waals surface area contributed by atoms with E-state index in [4.69, 9.17) is 11.6 Å². The number of hydrogen-bond acceptors (Lipinski definition) is 3. The summed E-state index contributed by atoms with van der Waals surface area (Å²) in [7, 11) is 4.14. The van der Waals surface area contributed by atoms with E-state index in [-0.39, 0.29) is 5.78 Å². The predicted octanol–water partition coefficient (Wildman–Crippen LogP) is 3.57. The van der Waals surface area contributed by atoms with Gasteiger partial charge in [-0.1, -0.05) is 25.4 Å². The number of likely N-dealkylation sites (N-methyl/N-ethyl adjacent to an activating group) is 1. The number of carbonyl (C=O) groups excluding carboxylic acids is 1. The molecule has 1 aromatic carbocycles. The van der Waals surface area contributed by atoms with Crippen molar-refractivity contribution < 1.29 is 4.79 Å². The third-order valence-electron chi connectivity index (χ3n) is 3.10. The van der Waals surface area contributed by atoms with Crippen molar-refractivity contribution in [2.75, 3.05) is 38.6 Å². The second-order valence-corrected chi connectivity index (χ2v) is 6.27. The largest absolute Gasteiger partial charge is 0.370 e. The molecule has 0 atom stereocenters. The molecule has 3 nitrogen and oxygen atoms in total. The van der Waals surface area contributed by atoms with E-state index >= 15 is 0 Å². The van der Waals surface area contributed by atoms with Crippen LogP contribution < -0.4 is 4.90 Å². The Labute approximate surface area is 127 Å². The molecule has 0 heterocycles. The monoisotopic (exact) mass is 296 g/mol. The molecule has 0 aliphatic rings. The van der Waals surface area contributed by atoms with Crippen LogP contribution in [0, 0.1) is 5.92 Å². The topological polar surface area (TPSA) is 23.6 Å². The van der Waals surface area contributed by atoms with Gasteiger partial charge in [0, 0.05) is 30.9 Å². The quantitative estimate of drug-likeness (QED) is 0.719. The van der Waals surface area contributed by atoms with Gasteiger partial charge in [-0.15, -0.1) is 0 Å². The Morgan fingerprint density at radius 2 is 1.90 bits per heavy atom. The van der Waals surface area contributed by atoms with Gasteiger partial charge in [0.1, 0.15) is 0 Å². The van der Waals surface area contributed by atoms with E-state index in [0.29, 0.717) is 16.5 Å². The Hall–Kier alpha value is -1.06. The molecule has 112 valence electrons. The van der Waals surface area contributed by atoms with Crippen molar-refractivity contribution in [2.24, 2.45) is 5.92 Å². The van der Waals surface area contributed by atoms with Crippen molar-refractivity contribution in [2.45, 2.75) is 20.8 Å². The summed E-state index contributed by atoms with van der Waals surface area (Å²) >= 11 is 6.21. The minimum absolute atomic E-state index is 0.00486. The second-order valence-electron chi connectivity index (χ2n) is 5.86. The third kappa shape index (κ3) is 5.14. The lowest BCUT2D eigenvalue weighted by atomic mass is 10.1. The van der Waals surface area contributed by atoms with Crippen molar-refractivity contribution in [1.29, 1.82) is 0 Å². The molecule has 0 fully saturated rings. The molecule has 20 heavy (non-hydrogen) atoms. The minimum atomic E-state index is 0.00486. The van der Waals surface area contributed by atoms with Crippen LogP contribution >= 0.6 is 11.6 Å². The zero-order chi connectivity index (χ0) is 15.3. The number of carbonyl (C=O) groups is 1. The average Bonchev–Trinajstić information content (AvgIpc) is 2.33. The molecule has 0 saturated heterocycles. The molecule has 0 amide bonds. The summed E-state index contributed by atoms with van der Waals surface area (Å²) in [4.78, 5) is 15.9. The zero-order valence-electron chi connectivity index (χ0n) is 13.1. The first-order valence-corrected chi connectivity index (χ1v) is 7.39. The first-order chi connectivity index (χ1) is 9.31. The van der Waals surface area contributed by atoms with Crippen molar-refractivity contribution in [3.8, 4) is 0 Å². The highest BCUT2D eigenvalue weighted by molar-refractivity contribution is 6.34.